The molecule has 0 N–H and O–H groups in total. The maximum absolute atomic E-state index is 6.60. The molecule has 3 aliphatic rings. The number of fused-ring (bicyclic) bond motifs is 3. The van der Waals surface area contributed by atoms with E-state index < -0.39 is 14.1 Å². The molecule has 5 atom stereocenters. The molecule has 3 rings (SSSR count). The highest BCUT2D eigenvalue weighted by Gasteiger charge is 2.63. The van der Waals surface area contributed by atoms with Crippen LogP contribution >= 0.6 is 0 Å². The molecule has 20 heavy (non-hydrogen) atoms. The van der Waals surface area contributed by atoms with E-state index in [9.17, 15) is 0 Å². The fraction of sp³-hybridized carbons (Fsp3) is 1.00. The van der Waals surface area contributed by atoms with Crippen LogP contribution in [-0.2, 0) is 18.6 Å². The zero-order chi connectivity index (χ0) is 14.9. The van der Waals surface area contributed by atoms with E-state index in [2.05, 4.69) is 33.9 Å². The second kappa shape index (κ2) is 4.29. The molecule has 3 fully saturated rings. The van der Waals surface area contributed by atoms with Crippen LogP contribution in [0.25, 0.3) is 0 Å². The van der Waals surface area contributed by atoms with Gasteiger partial charge in [0.05, 0.1) is 12.2 Å². The third-order valence-electron chi connectivity index (χ3n) is 5.19. The SMILES string of the molecule is CC1(C)O[C@@H]2[C@H]3O[C@H]3C[C@@H](O[Si](C)(C)C(C)(C)C)[C@@H]2O1. The van der Waals surface area contributed by atoms with Gasteiger partial charge in [-0.25, -0.2) is 0 Å². The van der Waals surface area contributed by atoms with Gasteiger partial charge in [-0.1, -0.05) is 20.8 Å². The number of hydrogen-bond donors (Lipinski definition) is 0. The zero-order valence-electron chi connectivity index (χ0n) is 13.7. The van der Waals surface area contributed by atoms with Gasteiger partial charge in [0.25, 0.3) is 0 Å². The van der Waals surface area contributed by atoms with Crippen molar-refractivity contribution in [2.45, 2.75) is 95.5 Å². The van der Waals surface area contributed by atoms with Gasteiger partial charge in [-0.2, -0.15) is 0 Å². The molecule has 5 heteroatoms. The standard InChI is InChI=1S/C15H28O4Si/c1-14(2,3)20(6,7)19-10-8-9-11(16-9)13-12(10)17-15(4,5)18-13/h9-13H,8H2,1-7H3/t9-,10+,11-,12-,13+/m0/s1. The molecule has 0 radical (unpaired) electrons. The molecule has 0 aromatic heterocycles. The summed E-state index contributed by atoms with van der Waals surface area (Å²) in [5.41, 5.74) is 0. The molecular formula is C15H28O4Si. The first-order valence-electron chi connectivity index (χ1n) is 7.69. The fourth-order valence-corrected chi connectivity index (χ4v) is 4.37. The molecule has 0 bridgehead atoms. The monoisotopic (exact) mass is 300 g/mol. The highest BCUT2D eigenvalue weighted by Crippen LogP contribution is 2.49. The number of epoxide rings is 1. The molecule has 0 unspecified atom stereocenters. The van der Waals surface area contributed by atoms with Gasteiger partial charge in [0.1, 0.15) is 18.3 Å². The van der Waals surface area contributed by atoms with Crippen LogP contribution in [0.4, 0.5) is 0 Å². The third-order valence-corrected chi connectivity index (χ3v) is 9.70. The zero-order valence-corrected chi connectivity index (χ0v) is 14.7. The lowest BCUT2D eigenvalue weighted by molar-refractivity contribution is -0.155. The summed E-state index contributed by atoms with van der Waals surface area (Å²) in [6.45, 7) is 15.4. The Morgan fingerprint density at radius 3 is 2.25 bits per heavy atom. The van der Waals surface area contributed by atoms with Gasteiger partial charge in [0, 0.05) is 6.42 Å². The van der Waals surface area contributed by atoms with Crippen LogP contribution in [0.1, 0.15) is 41.0 Å². The highest BCUT2D eigenvalue weighted by molar-refractivity contribution is 6.74. The molecule has 0 amide bonds. The van der Waals surface area contributed by atoms with E-state index >= 15 is 0 Å². The first-order valence-corrected chi connectivity index (χ1v) is 10.6. The average Bonchev–Trinajstić information content (AvgIpc) is 2.92. The van der Waals surface area contributed by atoms with Crippen LogP contribution in [0.2, 0.25) is 18.1 Å². The first-order chi connectivity index (χ1) is 9.00. The predicted molar refractivity (Wildman–Crippen MR) is 79.2 cm³/mol. The largest absolute Gasteiger partial charge is 0.411 e. The molecule has 2 saturated heterocycles. The smallest absolute Gasteiger partial charge is 0.192 e. The Bertz CT molecular complexity index is 401. The van der Waals surface area contributed by atoms with E-state index in [1.807, 2.05) is 13.8 Å². The number of hydrogen-bond acceptors (Lipinski definition) is 4. The Kier molecular flexibility index (Phi) is 3.21. The van der Waals surface area contributed by atoms with E-state index in [4.69, 9.17) is 18.6 Å². The maximum Gasteiger partial charge on any atom is 0.192 e. The maximum atomic E-state index is 6.60. The van der Waals surface area contributed by atoms with Crippen LogP contribution in [0.5, 0.6) is 0 Å². The van der Waals surface area contributed by atoms with Crippen molar-refractivity contribution in [1.82, 2.24) is 0 Å². The normalized spacial score (nSPS) is 43.0. The summed E-state index contributed by atoms with van der Waals surface area (Å²) >= 11 is 0. The Morgan fingerprint density at radius 2 is 1.65 bits per heavy atom. The second-order valence-corrected chi connectivity index (χ2v) is 13.1. The summed E-state index contributed by atoms with van der Waals surface area (Å²) < 4.78 is 24.5. The summed E-state index contributed by atoms with van der Waals surface area (Å²) in [7, 11) is -1.80. The van der Waals surface area contributed by atoms with Gasteiger partial charge in [-0.15, -0.1) is 0 Å². The molecule has 0 spiro atoms. The minimum atomic E-state index is -1.80. The minimum absolute atomic E-state index is 0.0166. The van der Waals surface area contributed by atoms with Crippen LogP contribution in [0.3, 0.4) is 0 Å². The molecule has 4 nitrogen and oxygen atoms in total. The lowest BCUT2D eigenvalue weighted by Gasteiger charge is -2.42. The van der Waals surface area contributed by atoms with E-state index in [1.165, 1.54) is 0 Å². The van der Waals surface area contributed by atoms with Crippen molar-refractivity contribution in [3.8, 4) is 0 Å². The Balaban J connectivity index is 1.77. The van der Waals surface area contributed by atoms with Gasteiger partial charge in [0.2, 0.25) is 0 Å². The summed E-state index contributed by atoms with van der Waals surface area (Å²) in [5, 5.41) is 0.207. The molecule has 1 saturated carbocycles. The number of rotatable bonds is 2. The minimum Gasteiger partial charge on any atom is -0.411 e. The summed E-state index contributed by atoms with van der Waals surface area (Å²) in [6.07, 6.45) is 1.63. The quantitative estimate of drug-likeness (QED) is 0.580. The van der Waals surface area contributed by atoms with Gasteiger partial charge < -0.3 is 18.6 Å². The van der Waals surface area contributed by atoms with Gasteiger partial charge >= 0.3 is 0 Å². The topological polar surface area (TPSA) is 40.2 Å². The summed E-state index contributed by atoms with van der Waals surface area (Å²) in [6, 6.07) is 0. The van der Waals surface area contributed by atoms with Gasteiger partial charge in [0.15, 0.2) is 14.1 Å². The molecule has 0 aromatic carbocycles. The molecule has 2 heterocycles. The second-order valence-electron chi connectivity index (χ2n) is 8.36. The molecule has 116 valence electrons. The van der Waals surface area contributed by atoms with Crippen molar-refractivity contribution in [3.05, 3.63) is 0 Å². The van der Waals surface area contributed by atoms with Crippen molar-refractivity contribution in [2.24, 2.45) is 0 Å². The third kappa shape index (κ3) is 2.48. The lowest BCUT2D eigenvalue weighted by atomic mass is 9.92. The van der Waals surface area contributed by atoms with Crippen LogP contribution in [0.15, 0.2) is 0 Å². The first kappa shape index (κ1) is 15.0. The molecule has 2 aliphatic heterocycles. The Morgan fingerprint density at radius 1 is 1.05 bits per heavy atom. The van der Waals surface area contributed by atoms with Crippen molar-refractivity contribution in [2.75, 3.05) is 0 Å². The van der Waals surface area contributed by atoms with Gasteiger partial charge in [-0.3, -0.25) is 0 Å². The molecular weight excluding hydrogens is 272 g/mol. The fourth-order valence-electron chi connectivity index (χ4n) is 3.03. The van der Waals surface area contributed by atoms with Crippen molar-refractivity contribution in [1.29, 1.82) is 0 Å². The van der Waals surface area contributed by atoms with Crippen molar-refractivity contribution < 1.29 is 18.6 Å². The Hall–Kier alpha value is 0.0569. The van der Waals surface area contributed by atoms with E-state index in [1.54, 1.807) is 0 Å². The van der Waals surface area contributed by atoms with Gasteiger partial charge in [-0.05, 0) is 32.0 Å². The molecule has 0 aromatic rings. The van der Waals surface area contributed by atoms with Crippen LogP contribution < -0.4 is 0 Å². The van der Waals surface area contributed by atoms with E-state index in [-0.39, 0.29) is 29.5 Å². The van der Waals surface area contributed by atoms with E-state index in [0.29, 0.717) is 6.10 Å². The van der Waals surface area contributed by atoms with E-state index in [0.717, 1.165) is 6.42 Å². The highest BCUT2D eigenvalue weighted by atomic mass is 28.4. The number of ether oxygens (including phenoxy) is 3. The summed E-state index contributed by atoms with van der Waals surface area (Å²) in [4.78, 5) is 0. The van der Waals surface area contributed by atoms with Crippen LogP contribution in [-0.4, -0.2) is 44.6 Å². The predicted octanol–water partition coefficient (Wildman–Crippen LogP) is 3.07. The molecule has 1 aliphatic carbocycles. The van der Waals surface area contributed by atoms with Crippen molar-refractivity contribution >= 4 is 8.32 Å². The van der Waals surface area contributed by atoms with Crippen molar-refractivity contribution in [3.63, 3.8) is 0 Å². The lowest BCUT2D eigenvalue weighted by Crippen LogP contribution is -2.52. The van der Waals surface area contributed by atoms with Crippen LogP contribution in [0, 0.1) is 0 Å². The average molecular weight is 300 g/mol. The summed E-state index contributed by atoms with van der Waals surface area (Å²) in [5.74, 6) is -0.523. The Labute approximate surface area is 123 Å².